The van der Waals surface area contributed by atoms with E-state index in [0.29, 0.717) is 0 Å². The first-order valence-electron chi connectivity index (χ1n) is 30.2. The van der Waals surface area contributed by atoms with Crippen LogP contribution in [0, 0.1) is 0 Å². The van der Waals surface area contributed by atoms with Crippen LogP contribution in [0.5, 0.6) is 0 Å². The highest BCUT2D eigenvalue weighted by atomic mass is 16.3. The number of furan rings is 1. The van der Waals surface area contributed by atoms with E-state index in [1.165, 1.54) is 0 Å². The third-order valence-electron chi connectivity index (χ3n) is 8.57. The van der Waals surface area contributed by atoms with E-state index in [0.717, 1.165) is 0 Å². The van der Waals surface area contributed by atoms with E-state index < -0.39 is 290 Å². The van der Waals surface area contributed by atoms with Crippen LogP contribution in [-0.4, -0.2) is 0 Å². The quantitative estimate of drug-likeness (QED) is 0.134. The molecule has 0 saturated heterocycles. The van der Waals surface area contributed by atoms with Crippen molar-refractivity contribution >= 4 is 75.8 Å². The van der Waals surface area contributed by atoms with Crippen molar-refractivity contribution in [3.63, 3.8) is 0 Å². The van der Waals surface area contributed by atoms with Gasteiger partial charge in [-0.3, -0.25) is 0 Å². The molecule has 1 nitrogen and oxygen atoms in total. The Hall–Kier alpha value is -6.70. The maximum Gasteiger partial charge on any atom is 0.136 e. The number of benzene rings is 10. The number of rotatable bonds is 3. The van der Waals surface area contributed by atoms with Gasteiger partial charge in [0.2, 0.25) is 0 Å². The molecule has 1 heterocycles. The van der Waals surface area contributed by atoms with Crippen molar-refractivity contribution in [1.29, 1.82) is 0 Å². The zero-order chi connectivity index (χ0) is 59.6. The molecule has 0 spiro atoms. The Morgan fingerprint density at radius 3 is 1.49 bits per heavy atom. The van der Waals surface area contributed by atoms with Crippen LogP contribution in [-0.2, 0) is 0 Å². The fourth-order valence-corrected chi connectivity index (χ4v) is 6.42. The largest absolute Gasteiger partial charge is 0.456 e. The minimum absolute atomic E-state index is 0.420. The summed E-state index contributed by atoms with van der Waals surface area (Å²) in [5.74, 6) is 0. The Morgan fingerprint density at radius 2 is 0.804 bits per heavy atom. The van der Waals surface area contributed by atoms with Gasteiger partial charge in [-0.1, -0.05) is 157 Å². The Kier molecular flexibility index (Phi) is 2.50. The standard InChI is InChI=1S/C50H30O/c1-4-14-37-31(11-1)25-28-47-50(37)45-30-35(26-27-46(45)51-47)49-42-19-9-7-17-40(42)48(41-18-8-10-20-43(41)49)33-23-21-32(22-24-33)44-29-34-12-2-3-13-36(34)38-15-5-6-16-39(38)44/h1-30H/i1D,2D,3D,4D,5D,6D,7D,8D,9D,10D,11D,12D,13D,14D,15D,16D,17D,18D,19D,20D,21D,22D,23D,24D,25D,26D,27D,28D,29D,30D. The van der Waals surface area contributed by atoms with Crippen LogP contribution in [0.1, 0.15) is 41.1 Å². The molecule has 10 aromatic carbocycles. The van der Waals surface area contributed by atoms with Crippen LogP contribution in [0.25, 0.3) is 109 Å². The van der Waals surface area contributed by atoms with Gasteiger partial charge in [0.1, 0.15) is 11.2 Å². The molecule has 0 aliphatic heterocycles. The van der Waals surface area contributed by atoms with Gasteiger partial charge >= 0.3 is 0 Å². The average molecular weight is 677 g/mol. The lowest BCUT2D eigenvalue weighted by molar-refractivity contribution is 0.669. The molecule has 1 aromatic heterocycles. The van der Waals surface area contributed by atoms with Gasteiger partial charge in [0.15, 0.2) is 0 Å². The lowest BCUT2D eigenvalue weighted by atomic mass is 9.85. The van der Waals surface area contributed by atoms with Crippen LogP contribution in [0.3, 0.4) is 0 Å². The van der Waals surface area contributed by atoms with Gasteiger partial charge in [0, 0.05) is 10.8 Å². The van der Waals surface area contributed by atoms with Gasteiger partial charge < -0.3 is 4.42 Å². The highest BCUT2D eigenvalue weighted by Gasteiger charge is 2.19. The lowest BCUT2D eigenvalue weighted by Crippen LogP contribution is -1.91. The second-order valence-corrected chi connectivity index (χ2v) is 11.3. The topological polar surface area (TPSA) is 13.1 Å². The molecule has 1 heteroatoms. The highest BCUT2D eigenvalue weighted by Crippen LogP contribution is 2.46. The minimum atomic E-state index is -1.15. The van der Waals surface area contributed by atoms with Crippen LogP contribution in [0.15, 0.2) is 186 Å². The maximum absolute atomic E-state index is 9.93. The molecule has 236 valence electrons. The van der Waals surface area contributed by atoms with Crippen LogP contribution in [0.4, 0.5) is 0 Å². The highest BCUT2D eigenvalue weighted by molar-refractivity contribution is 6.24. The molecular weight excluding hydrogens is 617 g/mol. The van der Waals surface area contributed by atoms with Crippen molar-refractivity contribution in [2.45, 2.75) is 0 Å². The fourth-order valence-electron chi connectivity index (χ4n) is 6.42. The van der Waals surface area contributed by atoms with Gasteiger partial charge in [-0.2, -0.15) is 0 Å². The summed E-state index contributed by atoms with van der Waals surface area (Å²) in [6, 6.07) is -28.1. The second-order valence-electron chi connectivity index (χ2n) is 11.3. The molecule has 0 aliphatic carbocycles. The predicted molar refractivity (Wildman–Crippen MR) is 218 cm³/mol. The minimum Gasteiger partial charge on any atom is -0.456 e. The van der Waals surface area contributed by atoms with Crippen molar-refractivity contribution in [3.8, 4) is 33.4 Å². The van der Waals surface area contributed by atoms with Gasteiger partial charge in [0.25, 0.3) is 0 Å². The summed E-state index contributed by atoms with van der Waals surface area (Å²) in [6.45, 7) is 0. The molecule has 0 radical (unpaired) electrons. The first-order valence-corrected chi connectivity index (χ1v) is 15.2. The Morgan fingerprint density at radius 1 is 0.314 bits per heavy atom. The molecule has 0 saturated carbocycles. The molecule has 11 aromatic rings. The fraction of sp³-hybridized carbons (Fsp3) is 0. The Bertz CT molecular complexity index is 4820. The SMILES string of the molecule is [2H]c1c([2H])c(-c2c([2H])c3c([2H])c([2H])c([2H])c([2H])c3c3c([2H])c([2H])c([2H])c([2H])c23)c([2H])c([2H])c1-c1c2c([2H])c([2H])c([2H])c([2H])c2c(-c2c([2H])c([2H])c3oc4c([2H])c([2H])c5c([2H])c([2H])c([2H])c([2H])c5c4c3c2[2H])c2c([2H])c([2H])c([2H])c([2H])c12. The lowest BCUT2D eigenvalue weighted by Gasteiger charge is -2.18. The van der Waals surface area contributed by atoms with Crippen molar-refractivity contribution in [1.82, 2.24) is 0 Å². The summed E-state index contributed by atoms with van der Waals surface area (Å²) in [6.07, 6.45) is 0. The van der Waals surface area contributed by atoms with E-state index in [2.05, 4.69) is 0 Å². The van der Waals surface area contributed by atoms with Crippen molar-refractivity contribution in [2.24, 2.45) is 0 Å². The average Bonchev–Trinajstić information content (AvgIpc) is 3.94. The number of fused-ring (bicyclic) bond motifs is 10. The summed E-state index contributed by atoms with van der Waals surface area (Å²) in [5, 5.41) is -7.42. The molecular formula is C50H30O. The van der Waals surface area contributed by atoms with Crippen LogP contribution >= 0.6 is 0 Å². The predicted octanol–water partition coefficient (Wildman–Crippen LogP) is 14.4. The summed E-state index contributed by atoms with van der Waals surface area (Å²) in [7, 11) is 0. The van der Waals surface area contributed by atoms with Gasteiger partial charge in [-0.05, 0) is 111 Å². The van der Waals surface area contributed by atoms with E-state index >= 15 is 0 Å². The van der Waals surface area contributed by atoms with E-state index in [4.69, 9.17) is 29.1 Å². The van der Waals surface area contributed by atoms with Crippen LogP contribution < -0.4 is 0 Å². The van der Waals surface area contributed by atoms with Crippen molar-refractivity contribution < 1.29 is 45.5 Å². The molecule has 0 bridgehead atoms. The molecule has 0 amide bonds. The molecule has 0 aliphatic rings. The number of hydrogen-bond donors (Lipinski definition) is 0. The van der Waals surface area contributed by atoms with E-state index in [9.17, 15) is 16.4 Å². The first-order chi connectivity index (χ1) is 37.8. The number of hydrogen-bond acceptors (Lipinski definition) is 1. The summed E-state index contributed by atoms with van der Waals surface area (Å²) in [5.41, 5.74) is -6.09. The molecule has 0 unspecified atom stereocenters. The van der Waals surface area contributed by atoms with Gasteiger partial charge in [0.05, 0.1) is 41.1 Å². The summed E-state index contributed by atoms with van der Waals surface area (Å²) >= 11 is 0. The molecule has 0 N–H and O–H groups in total. The molecule has 0 fully saturated rings. The van der Waals surface area contributed by atoms with E-state index in [-0.39, 0.29) is 0 Å². The Labute approximate surface area is 336 Å². The van der Waals surface area contributed by atoms with Crippen molar-refractivity contribution in [2.75, 3.05) is 0 Å². The molecule has 11 rings (SSSR count). The first kappa shape index (κ1) is 11.7. The van der Waals surface area contributed by atoms with Gasteiger partial charge in [-0.25, -0.2) is 0 Å². The smallest absolute Gasteiger partial charge is 0.136 e. The van der Waals surface area contributed by atoms with Crippen LogP contribution in [0.2, 0.25) is 0 Å². The summed E-state index contributed by atoms with van der Waals surface area (Å²) in [4.78, 5) is 0. The molecule has 51 heavy (non-hydrogen) atoms. The monoisotopic (exact) mass is 676 g/mol. The third kappa shape index (κ3) is 4.22. The summed E-state index contributed by atoms with van der Waals surface area (Å²) < 4.78 is 278. The van der Waals surface area contributed by atoms with E-state index in [1.807, 2.05) is 0 Å². The third-order valence-corrected chi connectivity index (χ3v) is 8.57. The zero-order valence-electron chi connectivity index (χ0n) is 55.4. The molecule has 0 atom stereocenters. The second kappa shape index (κ2) is 10.9. The zero-order valence-corrected chi connectivity index (χ0v) is 25.4. The van der Waals surface area contributed by atoms with Gasteiger partial charge in [-0.15, -0.1) is 0 Å². The maximum atomic E-state index is 9.93. The Balaban J connectivity index is 1.38. The normalized spacial score (nSPS) is 20.2. The van der Waals surface area contributed by atoms with E-state index in [1.54, 1.807) is 0 Å². The van der Waals surface area contributed by atoms with Crippen molar-refractivity contribution in [3.05, 3.63) is 181 Å².